The van der Waals surface area contributed by atoms with Gasteiger partial charge in [0.15, 0.2) is 5.66 Å². The van der Waals surface area contributed by atoms with Crippen LogP contribution in [-0.2, 0) is 23.2 Å². The Labute approximate surface area is 153 Å². The van der Waals surface area contributed by atoms with Crippen LogP contribution in [0.25, 0.3) is 0 Å². The summed E-state index contributed by atoms with van der Waals surface area (Å²) in [6, 6.07) is -0.466. The molecular formula is C18H24N6O2. The van der Waals surface area contributed by atoms with Crippen molar-refractivity contribution in [1.29, 1.82) is 0 Å². The highest BCUT2D eigenvalue weighted by atomic mass is 16.2. The van der Waals surface area contributed by atoms with E-state index in [4.69, 9.17) is 6.42 Å². The number of amides is 2. The zero-order chi connectivity index (χ0) is 18.6. The predicted octanol–water partition coefficient (Wildman–Crippen LogP) is 1.38. The minimum absolute atomic E-state index is 0.0459. The number of hydrogen-bond donors (Lipinski definition) is 1. The van der Waals surface area contributed by atoms with Crippen LogP contribution in [0.2, 0.25) is 0 Å². The first kappa shape index (κ1) is 18.1. The maximum absolute atomic E-state index is 12.7. The van der Waals surface area contributed by atoms with Gasteiger partial charge in [0.1, 0.15) is 11.9 Å². The summed E-state index contributed by atoms with van der Waals surface area (Å²) in [5.74, 6) is 3.22. The molecule has 1 N–H and O–H groups in total. The van der Waals surface area contributed by atoms with Crippen LogP contribution >= 0.6 is 0 Å². The van der Waals surface area contributed by atoms with E-state index in [1.165, 1.54) is 0 Å². The van der Waals surface area contributed by atoms with Crippen molar-refractivity contribution < 1.29 is 9.59 Å². The van der Waals surface area contributed by atoms with E-state index >= 15 is 0 Å². The first-order valence-corrected chi connectivity index (χ1v) is 8.95. The van der Waals surface area contributed by atoms with Crippen LogP contribution in [0, 0.1) is 12.3 Å². The lowest BCUT2D eigenvalue weighted by Crippen LogP contribution is -2.52. The van der Waals surface area contributed by atoms with Gasteiger partial charge in [-0.2, -0.15) is 10.2 Å². The number of terminal acetylenes is 1. The molecule has 3 rings (SSSR count). The van der Waals surface area contributed by atoms with E-state index < -0.39 is 11.7 Å². The van der Waals surface area contributed by atoms with Gasteiger partial charge < -0.3 is 14.8 Å². The SMILES string of the molecule is C#CCCC1(CCC(=O)NC2CCCN(Cc3nccn3C)C2=O)N=N1. The number of piperidine rings is 1. The van der Waals surface area contributed by atoms with Gasteiger partial charge in [-0.25, -0.2) is 4.98 Å². The second-order valence-electron chi connectivity index (χ2n) is 6.86. The topological polar surface area (TPSA) is 92.0 Å². The highest BCUT2D eigenvalue weighted by Gasteiger charge is 2.39. The molecule has 0 bridgehead atoms. The molecular weight excluding hydrogens is 332 g/mol. The van der Waals surface area contributed by atoms with Gasteiger partial charge in [0.05, 0.1) is 6.54 Å². The Morgan fingerprint density at radius 2 is 2.27 bits per heavy atom. The lowest BCUT2D eigenvalue weighted by molar-refractivity contribution is -0.139. The smallest absolute Gasteiger partial charge is 0.245 e. The number of imidazole rings is 1. The van der Waals surface area contributed by atoms with Crippen LogP contribution in [0.4, 0.5) is 0 Å². The summed E-state index contributed by atoms with van der Waals surface area (Å²) < 4.78 is 1.90. The number of aryl methyl sites for hydroxylation is 1. The van der Waals surface area contributed by atoms with Crippen LogP contribution in [0.15, 0.2) is 22.6 Å². The van der Waals surface area contributed by atoms with Gasteiger partial charge in [0.2, 0.25) is 11.8 Å². The number of likely N-dealkylation sites (tertiary alicyclic amines) is 1. The van der Waals surface area contributed by atoms with Crippen LogP contribution < -0.4 is 5.32 Å². The van der Waals surface area contributed by atoms with Gasteiger partial charge in [-0.1, -0.05) is 0 Å². The number of rotatable bonds is 8. The third-order valence-electron chi connectivity index (χ3n) is 4.92. The highest BCUT2D eigenvalue weighted by Crippen LogP contribution is 2.37. The molecule has 0 aliphatic carbocycles. The molecule has 0 saturated carbocycles. The van der Waals surface area contributed by atoms with E-state index in [-0.39, 0.29) is 11.8 Å². The van der Waals surface area contributed by atoms with Crippen molar-refractivity contribution in [1.82, 2.24) is 19.8 Å². The van der Waals surface area contributed by atoms with Gasteiger partial charge >= 0.3 is 0 Å². The monoisotopic (exact) mass is 356 g/mol. The Hall–Kier alpha value is -2.69. The van der Waals surface area contributed by atoms with E-state index in [0.29, 0.717) is 45.2 Å². The van der Waals surface area contributed by atoms with Gasteiger partial charge in [0, 0.05) is 51.7 Å². The zero-order valence-electron chi connectivity index (χ0n) is 15.0. The molecule has 0 radical (unpaired) electrons. The summed E-state index contributed by atoms with van der Waals surface area (Å²) in [4.78, 5) is 31.0. The average molecular weight is 356 g/mol. The number of carbonyl (C=O) groups is 2. The molecule has 2 amide bonds. The van der Waals surface area contributed by atoms with Crippen molar-refractivity contribution in [3.8, 4) is 12.3 Å². The summed E-state index contributed by atoms with van der Waals surface area (Å²) in [5, 5.41) is 10.9. The Bertz CT molecular complexity index is 741. The minimum atomic E-state index is -0.468. The van der Waals surface area contributed by atoms with Crippen molar-refractivity contribution in [2.24, 2.45) is 17.3 Å². The molecule has 1 fully saturated rings. The maximum Gasteiger partial charge on any atom is 0.245 e. The number of aromatic nitrogens is 2. The molecule has 8 heteroatoms. The van der Waals surface area contributed by atoms with E-state index in [2.05, 4.69) is 26.4 Å². The molecule has 1 saturated heterocycles. The van der Waals surface area contributed by atoms with Crippen molar-refractivity contribution in [3.05, 3.63) is 18.2 Å². The second-order valence-corrected chi connectivity index (χ2v) is 6.86. The van der Waals surface area contributed by atoms with Crippen LogP contribution in [0.1, 0.15) is 44.3 Å². The number of carbonyl (C=O) groups excluding carboxylic acids is 2. The normalized spacial score (nSPS) is 20.7. The van der Waals surface area contributed by atoms with Crippen LogP contribution in [0.3, 0.4) is 0 Å². The Morgan fingerprint density at radius 1 is 1.46 bits per heavy atom. The summed E-state index contributed by atoms with van der Waals surface area (Å²) in [7, 11) is 1.90. The fourth-order valence-electron chi connectivity index (χ4n) is 3.20. The molecule has 8 nitrogen and oxygen atoms in total. The molecule has 3 heterocycles. The van der Waals surface area contributed by atoms with E-state index in [1.807, 2.05) is 17.8 Å². The van der Waals surface area contributed by atoms with Crippen LogP contribution in [0.5, 0.6) is 0 Å². The Balaban J connectivity index is 1.48. The Morgan fingerprint density at radius 3 is 2.92 bits per heavy atom. The molecule has 138 valence electrons. The first-order chi connectivity index (χ1) is 12.5. The number of nitrogens with one attached hydrogen (secondary N) is 1. The minimum Gasteiger partial charge on any atom is -0.344 e. The summed E-state index contributed by atoms with van der Waals surface area (Å²) >= 11 is 0. The van der Waals surface area contributed by atoms with Gasteiger partial charge in [0.25, 0.3) is 0 Å². The van der Waals surface area contributed by atoms with Crippen molar-refractivity contribution >= 4 is 11.8 Å². The van der Waals surface area contributed by atoms with Crippen molar-refractivity contribution in [2.45, 2.75) is 56.8 Å². The second kappa shape index (κ2) is 7.68. The zero-order valence-corrected chi connectivity index (χ0v) is 15.0. The quantitative estimate of drug-likeness (QED) is 0.713. The van der Waals surface area contributed by atoms with Gasteiger partial charge in [-0.15, -0.1) is 12.3 Å². The average Bonchev–Trinajstić information content (AvgIpc) is 3.30. The molecule has 1 aromatic rings. The molecule has 2 aliphatic rings. The van der Waals surface area contributed by atoms with Gasteiger partial charge in [-0.05, 0) is 12.8 Å². The fraction of sp³-hybridized carbons (Fsp3) is 0.611. The lowest BCUT2D eigenvalue weighted by atomic mass is 10.0. The Kier molecular flexibility index (Phi) is 5.35. The standard InChI is InChI=1S/C18H24N6O2/c1-3-4-8-18(21-22-18)9-7-16(25)20-14-6-5-11-24(17(14)26)13-15-19-10-12-23(15)2/h1,10,12,14H,4-9,11,13H2,2H3,(H,20,25). The van der Waals surface area contributed by atoms with Crippen molar-refractivity contribution in [3.63, 3.8) is 0 Å². The largest absolute Gasteiger partial charge is 0.344 e. The number of nitrogens with zero attached hydrogens (tertiary/aromatic N) is 5. The van der Waals surface area contributed by atoms with Crippen molar-refractivity contribution in [2.75, 3.05) is 6.54 Å². The van der Waals surface area contributed by atoms with Gasteiger partial charge in [-0.3, -0.25) is 9.59 Å². The summed E-state index contributed by atoms with van der Waals surface area (Å²) in [6.07, 6.45) is 12.5. The molecule has 0 spiro atoms. The predicted molar refractivity (Wildman–Crippen MR) is 94.7 cm³/mol. The fourth-order valence-corrected chi connectivity index (χ4v) is 3.20. The van der Waals surface area contributed by atoms with Crippen LogP contribution in [-0.4, -0.2) is 44.5 Å². The molecule has 0 aromatic carbocycles. The lowest BCUT2D eigenvalue weighted by Gasteiger charge is -2.32. The molecule has 2 aliphatic heterocycles. The molecule has 26 heavy (non-hydrogen) atoms. The van der Waals surface area contributed by atoms with E-state index in [0.717, 1.165) is 12.2 Å². The third kappa shape index (κ3) is 4.28. The third-order valence-corrected chi connectivity index (χ3v) is 4.92. The summed E-state index contributed by atoms with van der Waals surface area (Å²) in [6.45, 7) is 1.15. The molecule has 1 aromatic heterocycles. The number of hydrogen-bond acceptors (Lipinski definition) is 5. The molecule has 1 atom stereocenters. The van der Waals surface area contributed by atoms with E-state index in [1.54, 1.807) is 11.1 Å². The first-order valence-electron chi connectivity index (χ1n) is 8.95. The highest BCUT2D eigenvalue weighted by molar-refractivity contribution is 5.88. The molecule has 1 unspecified atom stereocenters. The summed E-state index contributed by atoms with van der Waals surface area (Å²) in [5.41, 5.74) is -0.468. The maximum atomic E-state index is 12.7. The van der Waals surface area contributed by atoms with E-state index in [9.17, 15) is 9.59 Å².